The van der Waals surface area contributed by atoms with Gasteiger partial charge in [0.1, 0.15) is 11.9 Å². The van der Waals surface area contributed by atoms with E-state index in [1.165, 1.54) is 6.92 Å². The first-order valence-electron chi connectivity index (χ1n) is 5.73. The van der Waals surface area contributed by atoms with E-state index in [0.29, 0.717) is 0 Å². The molecule has 0 unspecified atom stereocenters. The molecule has 1 aromatic heterocycles. The molecule has 2 rings (SSSR count). The Hall–Kier alpha value is -1.97. The summed E-state index contributed by atoms with van der Waals surface area (Å²) in [4.78, 5) is 18.2. The Kier molecular flexibility index (Phi) is 4.77. The van der Waals surface area contributed by atoms with Crippen LogP contribution in [0.3, 0.4) is 0 Å². The molecule has 0 fully saturated rings. The summed E-state index contributed by atoms with van der Waals surface area (Å²) >= 11 is 0. The van der Waals surface area contributed by atoms with Gasteiger partial charge in [0, 0.05) is 18.5 Å². The number of aromatic nitrogens is 2. The Morgan fingerprint density at radius 1 is 1.22 bits per heavy atom. The number of carbonyl (C=O) groups excluding carboxylic acids is 1. The molecule has 2 aromatic rings. The van der Waals surface area contributed by atoms with Gasteiger partial charge in [-0.15, -0.1) is 0 Å². The Morgan fingerprint density at radius 2 is 1.89 bits per heavy atom. The molecule has 18 heavy (non-hydrogen) atoms. The fourth-order valence-corrected chi connectivity index (χ4v) is 1.35. The maximum atomic E-state index is 10.2. The third kappa shape index (κ3) is 5.39. The van der Waals surface area contributed by atoms with Crippen molar-refractivity contribution >= 4 is 16.9 Å². The van der Waals surface area contributed by atoms with E-state index in [-0.39, 0.29) is 11.6 Å². The normalized spacial score (nSPS) is 10.4. The van der Waals surface area contributed by atoms with E-state index in [0.717, 1.165) is 10.9 Å². The number of esters is 1. The fourth-order valence-electron chi connectivity index (χ4n) is 1.35. The molecule has 0 bridgehead atoms. The lowest BCUT2D eigenvalue weighted by molar-refractivity contribution is -0.151. The van der Waals surface area contributed by atoms with Crippen LogP contribution in [0.5, 0.6) is 0 Å². The van der Waals surface area contributed by atoms with Crippen molar-refractivity contribution in [3.8, 4) is 0 Å². The van der Waals surface area contributed by atoms with E-state index in [4.69, 9.17) is 4.74 Å². The number of fused-ring (bicyclic) bond motifs is 1. The van der Waals surface area contributed by atoms with Crippen molar-refractivity contribution in [1.29, 1.82) is 0 Å². The largest absolute Gasteiger partial charge is 0.460 e. The van der Waals surface area contributed by atoms with Crippen molar-refractivity contribution in [3.05, 3.63) is 36.8 Å². The van der Waals surface area contributed by atoms with Crippen LogP contribution in [0, 0.1) is 0 Å². The summed E-state index contributed by atoms with van der Waals surface area (Å²) < 4.78 is 4.80. The molecule has 0 N–H and O–H groups in total. The van der Waals surface area contributed by atoms with Gasteiger partial charge >= 0.3 is 5.97 Å². The van der Waals surface area contributed by atoms with Crippen LogP contribution in [-0.2, 0) is 9.53 Å². The Balaban J connectivity index is 0.000000187. The first-order chi connectivity index (χ1) is 8.38. The van der Waals surface area contributed by atoms with E-state index >= 15 is 0 Å². The van der Waals surface area contributed by atoms with Gasteiger partial charge in [-0.2, -0.15) is 0 Å². The van der Waals surface area contributed by atoms with Crippen molar-refractivity contribution < 1.29 is 9.53 Å². The number of carbonyl (C=O) groups is 1. The molecular formula is C14H18N2O2. The number of hydrogen-bond acceptors (Lipinski definition) is 4. The summed E-state index contributed by atoms with van der Waals surface area (Å²) in [7, 11) is 0. The average molecular weight is 246 g/mol. The van der Waals surface area contributed by atoms with Crippen LogP contribution >= 0.6 is 0 Å². The summed E-state index contributed by atoms with van der Waals surface area (Å²) in [5.74, 6) is -0.225. The quantitative estimate of drug-likeness (QED) is 0.670. The van der Waals surface area contributed by atoms with Crippen molar-refractivity contribution in [1.82, 2.24) is 9.97 Å². The smallest absolute Gasteiger partial charge is 0.303 e. The van der Waals surface area contributed by atoms with Gasteiger partial charge in [-0.1, -0.05) is 18.2 Å². The van der Waals surface area contributed by atoms with Gasteiger partial charge in [0.25, 0.3) is 0 Å². The highest BCUT2D eigenvalue weighted by molar-refractivity contribution is 5.76. The third-order valence-electron chi connectivity index (χ3n) is 1.86. The van der Waals surface area contributed by atoms with Crippen LogP contribution in [0.15, 0.2) is 36.8 Å². The molecule has 4 nitrogen and oxygen atoms in total. The molecular weight excluding hydrogens is 228 g/mol. The van der Waals surface area contributed by atoms with E-state index < -0.39 is 0 Å². The highest BCUT2D eigenvalue weighted by Gasteiger charge is 2.11. The number of ether oxygens (including phenoxy) is 1. The van der Waals surface area contributed by atoms with E-state index in [1.54, 1.807) is 6.33 Å². The van der Waals surface area contributed by atoms with Crippen molar-refractivity contribution in [2.75, 3.05) is 0 Å². The fraction of sp³-hybridized carbons (Fsp3) is 0.357. The highest BCUT2D eigenvalue weighted by Crippen LogP contribution is 2.06. The van der Waals surface area contributed by atoms with Crippen molar-refractivity contribution in [3.63, 3.8) is 0 Å². The summed E-state index contributed by atoms with van der Waals surface area (Å²) in [5, 5.41) is 1.09. The lowest BCUT2D eigenvalue weighted by atomic mass is 10.2. The minimum Gasteiger partial charge on any atom is -0.460 e. The van der Waals surface area contributed by atoms with Crippen LogP contribution < -0.4 is 0 Å². The number of benzene rings is 1. The van der Waals surface area contributed by atoms with E-state index in [1.807, 2.05) is 51.2 Å². The molecule has 0 amide bonds. The number of rotatable bonds is 0. The molecule has 0 aliphatic carbocycles. The monoisotopic (exact) mass is 246 g/mol. The van der Waals surface area contributed by atoms with Crippen LogP contribution in [0.4, 0.5) is 0 Å². The summed E-state index contributed by atoms with van der Waals surface area (Å²) in [6.07, 6.45) is 3.37. The van der Waals surface area contributed by atoms with Crippen molar-refractivity contribution in [2.24, 2.45) is 0 Å². The Morgan fingerprint density at radius 3 is 2.39 bits per heavy atom. The minimum absolute atomic E-state index is 0.225. The summed E-state index contributed by atoms with van der Waals surface area (Å²) in [5.41, 5.74) is 0.670. The molecule has 1 heterocycles. The van der Waals surface area contributed by atoms with Crippen LogP contribution in [-0.4, -0.2) is 21.5 Å². The van der Waals surface area contributed by atoms with Gasteiger partial charge in [-0.3, -0.25) is 4.79 Å². The zero-order valence-corrected chi connectivity index (χ0v) is 11.2. The van der Waals surface area contributed by atoms with Crippen LogP contribution in [0.1, 0.15) is 27.7 Å². The van der Waals surface area contributed by atoms with Gasteiger partial charge < -0.3 is 4.74 Å². The minimum atomic E-state index is -0.328. The zero-order valence-electron chi connectivity index (χ0n) is 11.2. The first kappa shape index (κ1) is 14.1. The topological polar surface area (TPSA) is 52.1 Å². The molecule has 0 atom stereocenters. The molecule has 0 radical (unpaired) electrons. The predicted octanol–water partition coefficient (Wildman–Crippen LogP) is 2.98. The van der Waals surface area contributed by atoms with Crippen molar-refractivity contribution in [2.45, 2.75) is 33.3 Å². The molecule has 0 saturated heterocycles. The number of hydrogen-bond donors (Lipinski definition) is 0. The third-order valence-corrected chi connectivity index (χ3v) is 1.86. The van der Waals surface area contributed by atoms with Gasteiger partial charge in [-0.25, -0.2) is 9.97 Å². The molecule has 1 aromatic carbocycles. The number of nitrogens with zero attached hydrogens (tertiary/aromatic N) is 2. The van der Waals surface area contributed by atoms with Gasteiger partial charge in [0.2, 0.25) is 0 Å². The predicted molar refractivity (Wildman–Crippen MR) is 71.1 cm³/mol. The Labute approximate surface area is 107 Å². The molecule has 0 aliphatic heterocycles. The van der Waals surface area contributed by atoms with Gasteiger partial charge in [-0.05, 0) is 26.8 Å². The molecule has 0 aliphatic rings. The average Bonchev–Trinajstić information content (AvgIpc) is 2.27. The molecule has 96 valence electrons. The maximum Gasteiger partial charge on any atom is 0.303 e. The highest BCUT2D eigenvalue weighted by atomic mass is 16.6. The van der Waals surface area contributed by atoms with Gasteiger partial charge in [0.05, 0.1) is 5.52 Å². The second-order valence-corrected chi connectivity index (χ2v) is 4.79. The standard InChI is InChI=1S/C8H6N2.C6H12O2/c1-2-4-8-7(3-1)5-9-6-10-8;1-5(7)8-6(2,3)4/h1-6H;1-4H3. The molecule has 4 heteroatoms. The number of para-hydroxylation sites is 1. The summed E-state index contributed by atoms with van der Waals surface area (Å²) in [6.45, 7) is 6.93. The lowest BCUT2D eigenvalue weighted by Gasteiger charge is -2.17. The second-order valence-electron chi connectivity index (χ2n) is 4.79. The lowest BCUT2D eigenvalue weighted by Crippen LogP contribution is -2.21. The summed E-state index contributed by atoms with van der Waals surface area (Å²) in [6, 6.07) is 7.91. The van der Waals surface area contributed by atoms with E-state index in [2.05, 4.69) is 9.97 Å². The molecule has 0 spiro atoms. The van der Waals surface area contributed by atoms with Crippen LogP contribution in [0.25, 0.3) is 10.9 Å². The Bertz CT molecular complexity index is 453. The van der Waals surface area contributed by atoms with E-state index in [9.17, 15) is 4.79 Å². The zero-order chi connectivity index (χ0) is 13.6. The van der Waals surface area contributed by atoms with Crippen LogP contribution in [0.2, 0.25) is 0 Å². The maximum absolute atomic E-state index is 10.2. The second kappa shape index (κ2) is 6.10. The SMILES string of the molecule is CC(=O)OC(C)(C)C.c1ccc2ncncc2c1. The van der Waals surface area contributed by atoms with Gasteiger partial charge in [0.15, 0.2) is 0 Å². The first-order valence-corrected chi connectivity index (χ1v) is 5.73. The molecule has 0 saturated carbocycles.